The van der Waals surface area contributed by atoms with E-state index >= 15 is 0 Å². The number of ether oxygens (including phenoxy) is 1. The van der Waals surface area contributed by atoms with Gasteiger partial charge in [-0.25, -0.2) is 4.39 Å². The molecule has 0 amide bonds. The monoisotopic (exact) mass is 264 g/mol. The summed E-state index contributed by atoms with van der Waals surface area (Å²) in [6.07, 6.45) is 2.78. The van der Waals surface area contributed by atoms with Crippen LogP contribution in [0.15, 0.2) is 28.9 Å². The molecule has 0 fully saturated rings. The standard InChI is InChI=1S/C14H17FN2O2/c1-3-6-16-8-11-9-18-14(17-11)19-12-4-5-13(15)10(2)7-12/h4-5,7,9,16H,3,6,8H2,1-2H3. The second-order valence-corrected chi connectivity index (χ2v) is 4.29. The highest BCUT2D eigenvalue weighted by Crippen LogP contribution is 2.22. The van der Waals surface area contributed by atoms with Gasteiger partial charge in [-0.3, -0.25) is 0 Å². The molecule has 2 rings (SSSR count). The van der Waals surface area contributed by atoms with E-state index in [1.54, 1.807) is 25.3 Å². The molecule has 1 aromatic heterocycles. The van der Waals surface area contributed by atoms with Crippen molar-refractivity contribution >= 4 is 0 Å². The van der Waals surface area contributed by atoms with Gasteiger partial charge in [0.25, 0.3) is 0 Å². The van der Waals surface area contributed by atoms with E-state index < -0.39 is 0 Å². The van der Waals surface area contributed by atoms with Crippen molar-refractivity contribution in [2.75, 3.05) is 6.54 Å². The molecule has 0 atom stereocenters. The third kappa shape index (κ3) is 3.79. The van der Waals surface area contributed by atoms with Crippen LogP contribution in [0, 0.1) is 12.7 Å². The number of oxazole rings is 1. The molecule has 102 valence electrons. The highest BCUT2D eigenvalue weighted by molar-refractivity contribution is 5.30. The Labute approximate surface area is 111 Å². The summed E-state index contributed by atoms with van der Waals surface area (Å²) in [5.41, 5.74) is 1.30. The van der Waals surface area contributed by atoms with Crippen molar-refractivity contribution in [1.82, 2.24) is 10.3 Å². The zero-order valence-corrected chi connectivity index (χ0v) is 11.1. The summed E-state index contributed by atoms with van der Waals surface area (Å²) < 4.78 is 23.7. The smallest absolute Gasteiger partial charge is 0.399 e. The third-order valence-corrected chi connectivity index (χ3v) is 2.60. The molecule has 0 aliphatic heterocycles. The predicted molar refractivity (Wildman–Crippen MR) is 69.7 cm³/mol. The maximum absolute atomic E-state index is 13.1. The molecule has 0 radical (unpaired) electrons. The minimum Gasteiger partial charge on any atom is -0.417 e. The number of nitrogens with one attached hydrogen (secondary N) is 1. The largest absolute Gasteiger partial charge is 0.417 e. The van der Waals surface area contributed by atoms with E-state index in [2.05, 4.69) is 17.2 Å². The Morgan fingerprint density at radius 2 is 2.26 bits per heavy atom. The van der Waals surface area contributed by atoms with E-state index in [0.717, 1.165) is 18.7 Å². The molecule has 1 N–H and O–H groups in total. The summed E-state index contributed by atoms with van der Waals surface area (Å²) in [5, 5.41) is 3.22. The van der Waals surface area contributed by atoms with Crippen LogP contribution in [-0.2, 0) is 6.54 Å². The van der Waals surface area contributed by atoms with Gasteiger partial charge < -0.3 is 14.5 Å². The van der Waals surface area contributed by atoms with Crippen LogP contribution in [0.5, 0.6) is 11.8 Å². The lowest BCUT2D eigenvalue weighted by molar-refractivity contribution is 0.330. The minimum absolute atomic E-state index is 0.166. The first-order valence-electron chi connectivity index (χ1n) is 6.28. The molecule has 0 bridgehead atoms. The Hall–Kier alpha value is -1.88. The highest BCUT2D eigenvalue weighted by Gasteiger charge is 2.07. The zero-order valence-electron chi connectivity index (χ0n) is 11.1. The molecule has 0 unspecified atom stereocenters. The molecule has 2 aromatic rings. The number of rotatable bonds is 6. The van der Waals surface area contributed by atoms with Crippen LogP contribution in [-0.4, -0.2) is 11.5 Å². The Morgan fingerprint density at radius 3 is 3.00 bits per heavy atom. The minimum atomic E-state index is -0.260. The summed E-state index contributed by atoms with van der Waals surface area (Å²) in [4.78, 5) is 4.18. The second kappa shape index (κ2) is 6.33. The quantitative estimate of drug-likeness (QED) is 0.812. The lowest BCUT2D eigenvalue weighted by Gasteiger charge is -2.02. The van der Waals surface area contributed by atoms with Gasteiger partial charge in [0.1, 0.15) is 17.8 Å². The van der Waals surface area contributed by atoms with Gasteiger partial charge in [-0.05, 0) is 43.7 Å². The number of nitrogens with zero attached hydrogens (tertiary/aromatic N) is 1. The lowest BCUT2D eigenvalue weighted by Crippen LogP contribution is -2.13. The first kappa shape index (κ1) is 13.5. The second-order valence-electron chi connectivity index (χ2n) is 4.29. The number of hydrogen-bond acceptors (Lipinski definition) is 4. The van der Waals surface area contributed by atoms with Gasteiger partial charge in [0.05, 0.1) is 5.69 Å². The molecule has 19 heavy (non-hydrogen) atoms. The Morgan fingerprint density at radius 1 is 1.42 bits per heavy atom. The van der Waals surface area contributed by atoms with Crippen molar-refractivity contribution in [2.45, 2.75) is 26.8 Å². The first-order valence-corrected chi connectivity index (χ1v) is 6.28. The Kier molecular flexibility index (Phi) is 4.52. The predicted octanol–water partition coefficient (Wildman–Crippen LogP) is 3.41. The molecule has 0 aliphatic carbocycles. The van der Waals surface area contributed by atoms with Gasteiger partial charge in [0, 0.05) is 6.54 Å². The van der Waals surface area contributed by atoms with Crippen LogP contribution in [0.25, 0.3) is 0 Å². The SMILES string of the molecule is CCCNCc1coc(Oc2ccc(F)c(C)c2)n1. The van der Waals surface area contributed by atoms with Gasteiger partial charge in [-0.1, -0.05) is 6.92 Å². The molecule has 0 saturated carbocycles. The van der Waals surface area contributed by atoms with E-state index in [9.17, 15) is 4.39 Å². The van der Waals surface area contributed by atoms with E-state index in [4.69, 9.17) is 9.15 Å². The van der Waals surface area contributed by atoms with Crippen LogP contribution in [0.4, 0.5) is 4.39 Å². The topological polar surface area (TPSA) is 47.3 Å². The van der Waals surface area contributed by atoms with Crippen LogP contribution >= 0.6 is 0 Å². The molecule has 4 nitrogen and oxygen atoms in total. The maximum Gasteiger partial charge on any atom is 0.399 e. The van der Waals surface area contributed by atoms with Crippen molar-refractivity contribution in [1.29, 1.82) is 0 Å². The third-order valence-electron chi connectivity index (χ3n) is 2.60. The van der Waals surface area contributed by atoms with E-state index in [1.165, 1.54) is 6.07 Å². The molecule has 1 heterocycles. The summed E-state index contributed by atoms with van der Waals surface area (Å²) in [5.74, 6) is 0.248. The van der Waals surface area contributed by atoms with E-state index in [0.29, 0.717) is 17.9 Å². The van der Waals surface area contributed by atoms with Gasteiger partial charge in [-0.2, -0.15) is 4.98 Å². The fraction of sp³-hybridized carbons (Fsp3) is 0.357. The summed E-state index contributed by atoms with van der Waals surface area (Å²) in [6.45, 7) is 5.35. The highest BCUT2D eigenvalue weighted by atomic mass is 19.1. The number of hydrogen-bond donors (Lipinski definition) is 1. The van der Waals surface area contributed by atoms with Crippen LogP contribution < -0.4 is 10.1 Å². The average Bonchev–Trinajstić information content (AvgIpc) is 2.82. The van der Waals surface area contributed by atoms with Crippen LogP contribution in [0.2, 0.25) is 0 Å². The molecule has 0 spiro atoms. The van der Waals surface area contributed by atoms with Crippen molar-refractivity contribution in [3.8, 4) is 11.8 Å². The number of aromatic nitrogens is 1. The zero-order chi connectivity index (χ0) is 13.7. The average molecular weight is 264 g/mol. The molecular formula is C14H17FN2O2. The fourth-order valence-corrected chi connectivity index (χ4v) is 1.59. The number of benzene rings is 1. The summed E-state index contributed by atoms with van der Waals surface area (Å²) in [7, 11) is 0. The van der Waals surface area contributed by atoms with Gasteiger partial charge in [0.15, 0.2) is 0 Å². The summed E-state index contributed by atoms with van der Waals surface area (Å²) in [6, 6.07) is 4.51. The number of halogens is 1. The van der Waals surface area contributed by atoms with Crippen LogP contribution in [0.1, 0.15) is 24.6 Å². The molecule has 0 saturated heterocycles. The van der Waals surface area contributed by atoms with E-state index in [-0.39, 0.29) is 11.9 Å². The van der Waals surface area contributed by atoms with E-state index in [1.807, 2.05) is 0 Å². The fourth-order valence-electron chi connectivity index (χ4n) is 1.59. The van der Waals surface area contributed by atoms with Gasteiger partial charge in [0.2, 0.25) is 0 Å². The Bertz CT molecular complexity index is 540. The lowest BCUT2D eigenvalue weighted by atomic mass is 10.2. The Balaban J connectivity index is 1.97. The van der Waals surface area contributed by atoms with Crippen molar-refractivity contribution < 1.29 is 13.5 Å². The molecule has 1 aromatic carbocycles. The van der Waals surface area contributed by atoms with Crippen molar-refractivity contribution in [3.63, 3.8) is 0 Å². The number of aryl methyl sites for hydroxylation is 1. The first-order chi connectivity index (χ1) is 9.19. The van der Waals surface area contributed by atoms with Crippen LogP contribution in [0.3, 0.4) is 0 Å². The molecular weight excluding hydrogens is 247 g/mol. The maximum atomic E-state index is 13.1. The van der Waals surface area contributed by atoms with Crippen molar-refractivity contribution in [3.05, 3.63) is 41.5 Å². The molecule has 5 heteroatoms. The summed E-state index contributed by atoms with van der Waals surface area (Å²) >= 11 is 0. The van der Waals surface area contributed by atoms with Crippen molar-refractivity contribution in [2.24, 2.45) is 0 Å². The van der Waals surface area contributed by atoms with Gasteiger partial charge >= 0.3 is 6.08 Å². The molecule has 0 aliphatic rings. The van der Waals surface area contributed by atoms with Gasteiger partial charge in [-0.15, -0.1) is 0 Å². The normalized spacial score (nSPS) is 10.7.